The Morgan fingerprint density at radius 1 is 0.875 bits per heavy atom. The molecule has 0 spiro atoms. The van der Waals surface area contributed by atoms with Gasteiger partial charge in [0, 0.05) is 18.8 Å². The third-order valence-corrected chi connectivity index (χ3v) is 4.11. The predicted molar refractivity (Wildman–Crippen MR) is 97.5 cm³/mol. The Labute approximate surface area is 142 Å². The van der Waals surface area contributed by atoms with Crippen molar-refractivity contribution in [2.45, 2.75) is 19.4 Å². The number of aromatic nitrogens is 1. The van der Waals surface area contributed by atoms with Gasteiger partial charge in [0.15, 0.2) is 0 Å². The number of hydrogen-bond donors (Lipinski definition) is 0. The summed E-state index contributed by atoms with van der Waals surface area (Å²) in [5.41, 5.74) is 3.46. The molecule has 0 aliphatic rings. The Morgan fingerprint density at radius 2 is 1.58 bits per heavy atom. The monoisotopic (exact) mass is 319 g/mol. The van der Waals surface area contributed by atoms with E-state index >= 15 is 0 Å². The lowest BCUT2D eigenvalue weighted by Crippen LogP contribution is -2.18. The fraction of sp³-hybridized carbons (Fsp3) is 0.190. The quantitative estimate of drug-likeness (QED) is 0.683. The van der Waals surface area contributed by atoms with Crippen molar-refractivity contribution in [2.24, 2.45) is 0 Å². The maximum atomic E-state index is 12.1. The molecular weight excluding hydrogens is 298 g/mol. The van der Waals surface area contributed by atoms with Crippen LogP contribution in [0.2, 0.25) is 0 Å². The van der Waals surface area contributed by atoms with E-state index in [9.17, 15) is 4.79 Å². The number of benzene rings is 2. The smallest absolute Gasteiger partial charge is 0.250 e. The normalized spacial score (nSPS) is 10.5. The Hall–Kier alpha value is -2.81. The number of aryl methyl sites for hydroxylation is 2. The second-order valence-electron chi connectivity index (χ2n) is 5.77. The fourth-order valence-electron chi connectivity index (χ4n) is 2.76. The number of ether oxygens (including phenoxy) is 1. The van der Waals surface area contributed by atoms with E-state index in [1.165, 1.54) is 5.56 Å². The van der Waals surface area contributed by atoms with Gasteiger partial charge in [-0.25, -0.2) is 0 Å². The molecule has 0 N–H and O–H groups in total. The van der Waals surface area contributed by atoms with E-state index in [1.807, 2.05) is 54.7 Å². The first-order valence-corrected chi connectivity index (χ1v) is 8.15. The zero-order valence-corrected chi connectivity index (χ0v) is 13.8. The minimum Gasteiger partial charge on any atom is -0.497 e. The third kappa shape index (κ3) is 3.93. The van der Waals surface area contributed by atoms with Crippen LogP contribution >= 0.6 is 0 Å². The van der Waals surface area contributed by atoms with Gasteiger partial charge >= 0.3 is 0 Å². The molecule has 1 aromatic heterocycles. The molecule has 0 radical (unpaired) electrons. The lowest BCUT2D eigenvalue weighted by Gasteiger charge is -2.09. The van der Waals surface area contributed by atoms with E-state index in [0.29, 0.717) is 0 Å². The van der Waals surface area contributed by atoms with E-state index in [0.717, 1.165) is 36.3 Å². The lowest BCUT2D eigenvalue weighted by molar-refractivity contribution is 0.415. The SMILES string of the molecule is COc1ccc(-c2ccc(=O)n(CCCc3ccccc3)c2)cc1. The Kier molecular flexibility index (Phi) is 5.12. The van der Waals surface area contributed by atoms with Gasteiger partial charge in [-0.15, -0.1) is 0 Å². The van der Waals surface area contributed by atoms with Crippen LogP contribution in [0.15, 0.2) is 77.7 Å². The highest BCUT2D eigenvalue weighted by molar-refractivity contribution is 5.63. The Morgan fingerprint density at radius 3 is 2.29 bits per heavy atom. The van der Waals surface area contributed by atoms with E-state index in [2.05, 4.69) is 12.1 Å². The topological polar surface area (TPSA) is 31.2 Å². The summed E-state index contributed by atoms with van der Waals surface area (Å²) in [5, 5.41) is 0. The molecule has 1 heterocycles. The van der Waals surface area contributed by atoms with Crippen molar-refractivity contribution in [3.63, 3.8) is 0 Å². The van der Waals surface area contributed by atoms with Crippen molar-refractivity contribution in [3.05, 3.63) is 88.8 Å². The van der Waals surface area contributed by atoms with Crippen LogP contribution in [0, 0.1) is 0 Å². The molecule has 0 unspecified atom stereocenters. The van der Waals surface area contributed by atoms with Gasteiger partial charge in [-0.3, -0.25) is 4.79 Å². The average molecular weight is 319 g/mol. The number of nitrogens with zero attached hydrogens (tertiary/aromatic N) is 1. The minimum atomic E-state index is 0.0420. The summed E-state index contributed by atoms with van der Waals surface area (Å²) in [6.07, 6.45) is 3.85. The molecule has 0 aliphatic heterocycles. The van der Waals surface area contributed by atoms with E-state index < -0.39 is 0 Å². The zero-order valence-electron chi connectivity index (χ0n) is 13.8. The van der Waals surface area contributed by atoms with Crippen molar-refractivity contribution in [1.82, 2.24) is 4.57 Å². The molecule has 3 nitrogen and oxygen atoms in total. The van der Waals surface area contributed by atoms with Crippen LogP contribution in [0.3, 0.4) is 0 Å². The first-order chi connectivity index (χ1) is 11.8. The fourth-order valence-corrected chi connectivity index (χ4v) is 2.76. The van der Waals surface area contributed by atoms with Crippen LogP contribution in [0.5, 0.6) is 5.75 Å². The van der Waals surface area contributed by atoms with E-state index in [1.54, 1.807) is 17.7 Å². The molecule has 0 amide bonds. The molecule has 0 saturated heterocycles. The molecule has 0 aliphatic carbocycles. The van der Waals surface area contributed by atoms with Crippen molar-refractivity contribution in [1.29, 1.82) is 0 Å². The Bertz CT molecular complexity index is 836. The highest BCUT2D eigenvalue weighted by Crippen LogP contribution is 2.21. The van der Waals surface area contributed by atoms with Crippen LogP contribution in [0.4, 0.5) is 0 Å². The number of pyridine rings is 1. The molecule has 2 aromatic carbocycles. The molecule has 24 heavy (non-hydrogen) atoms. The molecule has 3 aromatic rings. The van der Waals surface area contributed by atoms with Gasteiger partial charge < -0.3 is 9.30 Å². The van der Waals surface area contributed by atoms with Gasteiger partial charge in [0.2, 0.25) is 0 Å². The second kappa shape index (κ2) is 7.64. The highest BCUT2D eigenvalue weighted by Gasteiger charge is 2.03. The van der Waals surface area contributed by atoms with E-state index in [4.69, 9.17) is 4.74 Å². The van der Waals surface area contributed by atoms with Crippen LogP contribution in [0.1, 0.15) is 12.0 Å². The largest absolute Gasteiger partial charge is 0.497 e. The summed E-state index contributed by atoms with van der Waals surface area (Å²) >= 11 is 0. The van der Waals surface area contributed by atoms with E-state index in [-0.39, 0.29) is 5.56 Å². The number of methoxy groups -OCH3 is 1. The maximum Gasteiger partial charge on any atom is 0.250 e. The van der Waals surface area contributed by atoms with Crippen LogP contribution in [0.25, 0.3) is 11.1 Å². The van der Waals surface area contributed by atoms with Crippen molar-refractivity contribution in [2.75, 3.05) is 7.11 Å². The average Bonchev–Trinajstić information content (AvgIpc) is 2.64. The zero-order chi connectivity index (χ0) is 16.8. The Balaban J connectivity index is 1.72. The highest BCUT2D eigenvalue weighted by atomic mass is 16.5. The molecule has 0 fully saturated rings. The first-order valence-electron chi connectivity index (χ1n) is 8.15. The standard InChI is InChI=1S/C21H21NO2/c1-24-20-12-9-18(10-13-20)19-11-14-21(23)22(16-19)15-5-8-17-6-3-2-4-7-17/h2-4,6-7,9-14,16H,5,8,15H2,1H3. The van der Waals surface area contributed by atoms with Crippen molar-refractivity contribution >= 4 is 0 Å². The first kappa shape index (κ1) is 16.1. The summed E-state index contributed by atoms with van der Waals surface area (Å²) < 4.78 is 6.98. The molecule has 122 valence electrons. The summed E-state index contributed by atoms with van der Waals surface area (Å²) in [6.45, 7) is 0.720. The molecule has 0 atom stereocenters. The van der Waals surface area contributed by atoms with Crippen molar-refractivity contribution < 1.29 is 4.74 Å². The second-order valence-corrected chi connectivity index (χ2v) is 5.77. The maximum absolute atomic E-state index is 12.1. The molecule has 0 bridgehead atoms. The van der Waals surface area contributed by atoms with Gasteiger partial charge in [0.05, 0.1) is 7.11 Å². The predicted octanol–water partition coefficient (Wildman–Crippen LogP) is 4.16. The van der Waals surface area contributed by atoms with Gasteiger partial charge in [0.1, 0.15) is 5.75 Å². The number of rotatable bonds is 6. The van der Waals surface area contributed by atoms with Crippen LogP contribution in [-0.2, 0) is 13.0 Å². The van der Waals surface area contributed by atoms with Gasteiger partial charge in [-0.2, -0.15) is 0 Å². The van der Waals surface area contributed by atoms with Crippen molar-refractivity contribution in [3.8, 4) is 16.9 Å². The summed E-state index contributed by atoms with van der Waals surface area (Å²) in [6, 6.07) is 21.7. The van der Waals surface area contributed by atoms with Crippen LogP contribution in [-0.4, -0.2) is 11.7 Å². The molecular formula is C21H21NO2. The lowest BCUT2D eigenvalue weighted by atomic mass is 10.1. The van der Waals surface area contributed by atoms with Gasteiger partial charge in [0.25, 0.3) is 5.56 Å². The molecule has 3 rings (SSSR count). The van der Waals surface area contributed by atoms with Gasteiger partial charge in [-0.1, -0.05) is 42.5 Å². The number of hydrogen-bond acceptors (Lipinski definition) is 2. The molecule has 3 heteroatoms. The van der Waals surface area contributed by atoms with Crippen LogP contribution < -0.4 is 10.3 Å². The molecule has 0 saturated carbocycles. The third-order valence-electron chi connectivity index (χ3n) is 4.11. The minimum absolute atomic E-state index is 0.0420. The summed E-state index contributed by atoms with van der Waals surface area (Å²) in [5.74, 6) is 0.829. The van der Waals surface area contributed by atoms with Gasteiger partial charge in [-0.05, 0) is 47.7 Å². The summed E-state index contributed by atoms with van der Waals surface area (Å²) in [4.78, 5) is 12.1. The summed E-state index contributed by atoms with van der Waals surface area (Å²) in [7, 11) is 1.65.